The third-order valence-electron chi connectivity index (χ3n) is 15.7. The van der Waals surface area contributed by atoms with Gasteiger partial charge < -0.3 is 28.3 Å². The van der Waals surface area contributed by atoms with Gasteiger partial charge in [0.25, 0.3) is 6.71 Å². The van der Waals surface area contributed by atoms with Gasteiger partial charge in [-0.25, -0.2) is 0 Å². The second-order valence-electron chi connectivity index (χ2n) is 24.1. The van der Waals surface area contributed by atoms with Crippen molar-refractivity contribution in [1.82, 2.24) is 9.13 Å². The lowest BCUT2D eigenvalue weighted by molar-refractivity contribution is 0.590. The summed E-state index contributed by atoms with van der Waals surface area (Å²) in [5.41, 5.74) is -20.5. The van der Waals surface area contributed by atoms with Crippen LogP contribution in [-0.4, -0.2) is 15.8 Å². The Labute approximate surface area is 548 Å². The van der Waals surface area contributed by atoms with Crippen LogP contribution in [0.1, 0.15) is 130 Å². The number of rotatable bonds is 5. The van der Waals surface area contributed by atoms with Crippen molar-refractivity contribution in [1.29, 1.82) is 0 Å². The molecule has 0 bridgehead atoms. The highest BCUT2D eigenvalue weighted by Gasteiger charge is 2.47. The fourth-order valence-electron chi connectivity index (χ4n) is 11.8. The van der Waals surface area contributed by atoms with E-state index in [0.717, 1.165) is 14.0 Å². The molecule has 0 amide bonds. The Bertz CT molecular complexity index is 7230. The van der Waals surface area contributed by atoms with Crippen LogP contribution in [0.3, 0.4) is 0 Å². The number of hydrogen-bond donors (Lipinski definition) is 0. The van der Waals surface area contributed by atoms with E-state index in [1.54, 1.807) is 62.3 Å². The number of nitrogens with zero attached hydrogens (tertiary/aromatic N) is 5. The highest BCUT2D eigenvalue weighted by Crippen LogP contribution is 2.55. The largest absolute Gasteiger partial charge is 0.456 e. The summed E-state index contributed by atoms with van der Waals surface area (Å²) >= 11 is 0. The van der Waals surface area contributed by atoms with Crippen molar-refractivity contribution in [2.24, 2.45) is 0 Å². The molecule has 14 aromatic rings. The summed E-state index contributed by atoms with van der Waals surface area (Å²) in [6.07, 6.45) is 0. The average Bonchev–Trinajstić information content (AvgIpc) is 1.25. The maximum atomic E-state index is 11.6. The predicted octanol–water partition coefficient (Wildman–Crippen LogP) is 19.5. The van der Waals surface area contributed by atoms with Gasteiger partial charge in [0.2, 0.25) is 0 Å². The number of furan rings is 1. The fourth-order valence-corrected chi connectivity index (χ4v) is 11.8. The molecule has 0 radical (unpaired) electrons. The van der Waals surface area contributed by atoms with E-state index in [0.29, 0.717) is 9.80 Å². The summed E-state index contributed by atoms with van der Waals surface area (Å²) in [7, 11) is 0. The molecule has 3 aromatic heterocycles. The van der Waals surface area contributed by atoms with Gasteiger partial charge in [0.15, 0.2) is 0 Å². The van der Waals surface area contributed by atoms with Crippen LogP contribution in [0.15, 0.2) is 228 Å². The normalized spacial score (nSPS) is 19.7. The molecule has 0 saturated heterocycles. The van der Waals surface area contributed by atoms with Crippen molar-refractivity contribution in [2.45, 2.75) is 78.6 Å². The first-order valence-electron chi connectivity index (χ1n) is 45.6. The zero-order chi connectivity index (χ0) is 89.8. The molecule has 410 valence electrons. The molecule has 0 saturated carbocycles. The first-order valence-corrected chi connectivity index (χ1v) is 27.1. The molecular formula is C78H64BN5O. The molecular weight excluding hydrogens is 1030 g/mol. The minimum absolute atomic E-state index is 0.0834. The zero-order valence-corrected chi connectivity index (χ0v) is 46.7. The van der Waals surface area contributed by atoms with Crippen molar-refractivity contribution in [3.05, 3.63) is 240 Å². The van der Waals surface area contributed by atoms with E-state index in [1.807, 2.05) is 0 Å². The minimum atomic E-state index is -2.38. The van der Waals surface area contributed by atoms with Gasteiger partial charge in [-0.3, -0.25) is 0 Å². The van der Waals surface area contributed by atoms with Gasteiger partial charge in [-0.1, -0.05) is 171 Å². The predicted molar refractivity (Wildman–Crippen MR) is 361 cm³/mol. The number of benzene rings is 11. The van der Waals surface area contributed by atoms with Crippen molar-refractivity contribution < 1.29 is 55.1 Å². The lowest BCUT2D eigenvalue weighted by Gasteiger charge is -2.46. The second kappa shape index (κ2) is 17.4. The van der Waals surface area contributed by atoms with Gasteiger partial charge >= 0.3 is 0 Å². The highest BCUT2D eigenvalue weighted by molar-refractivity contribution is 7.00. The number of para-hydroxylation sites is 5. The summed E-state index contributed by atoms with van der Waals surface area (Å²) in [6.45, 7) is 12.3. The third-order valence-corrected chi connectivity index (χ3v) is 15.7. The van der Waals surface area contributed by atoms with E-state index >= 15 is 0 Å². The first kappa shape index (κ1) is 25.2. The van der Waals surface area contributed by atoms with Crippen LogP contribution in [0.4, 0.5) is 51.2 Å². The van der Waals surface area contributed by atoms with Crippen molar-refractivity contribution in [3.63, 3.8) is 0 Å². The quantitative estimate of drug-likeness (QED) is 0.161. The molecule has 6 nitrogen and oxygen atoms in total. The third kappa shape index (κ3) is 7.13. The average molecular weight is 1140 g/mol. The van der Waals surface area contributed by atoms with E-state index in [4.69, 9.17) is 8.53 Å². The molecule has 85 heavy (non-hydrogen) atoms. The Morgan fingerprint density at radius 2 is 0.894 bits per heavy atom. The number of aromatic nitrogens is 2. The Balaban J connectivity index is 1.23. The van der Waals surface area contributed by atoms with Crippen LogP contribution in [-0.2, 0) is 16.2 Å². The van der Waals surface area contributed by atoms with E-state index in [-0.39, 0.29) is 32.8 Å². The lowest BCUT2D eigenvalue weighted by Crippen LogP contribution is -2.61. The molecule has 7 heteroatoms. The molecule has 0 unspecified atom stereocenters. The fraction of sp³-hybridized carbons (Fsp3) is 0.154. The Hall–Kier alpha value is -9.72. The number of fused-ring (bicyclic) bond motifs is 15. The Kier molecular flexibility index (Phi) is 5.18. The van der Waals surface area contributed by atoms with Crippen LogP contribution < -0.4 is 31.1 Å². The van der Waals surface area contributed by atoms with E-state index in [1.165, 1.54) is 0 Å². The maximum absolute atomic E-state index is 11.6. The van der Waals surface area contributed by atoms with E-state index < -0.39 is 375 Å². The van der Waals surface area contributed by atoms with Crippen LogP contribution >= 0.6 is 0 Å². The molecule has 3 aliphatic heterocycles. The smallest absolute Gasteiger partial charge is 0.252 e. The van der Waals surface area contributed by atoms with Crippen LogP contribution in [0.5, 0.6) is 0 Å². The molecule has 3 aliphatic rings. The molecule has 11 aromatic carbocycles. The zero-order valence-electron chi connectivity index (χ0n) is 83.7. The summed E-state index contributed by atoms with van der Waals surface area (Å²) in [6, 6.07) is -37.1. The minimum Gasteiger partial charge on any atom is -0.456 e. The van der Waals surface area contributed by atoms with Gasteiger partial charge in [0, 0.05) is 61.1 Å². The SMILES string of the molecule is [2H]c1c([2H])c([2H])c(N(c2c([2H])c([2H])c([2H])c([2H])c2[2H])c2c([2H])c3c4c(c2[2H])N2c5c(c([2H])c([2H])c([2H])c5-n5c6c([2H])c([2H])c(C(C)(C)C)c([2H])c6c6c([2H])c([2H])c([2H])c2c65)B4c2c([2H])c([2H])c(-n4c5c([2H])c([2H])c(C(C)(C)C)c([2H])c5c5c([2H])c(C(C)(C)C)c([2H])c([2H])c54)c([2H])c2N3c2c([2H])c([2H])c([2H])c3oc4c([2H])c([2H])c([2H])c([2H])c4c23)c([2H])c1[2H]. The summed E-state index contributed by atoms with van der Waals surface area (Å²) in [5, 5.41) is -3.00. The molecule has 0 aliphatic carbocycles. The molecule has 0 fully saturated rings. The van der Waals surface area contributed by atoms with E-state index in [2.05, 4.69) is 0 Å². The number of hydrogen-bond acceptors (Lipinski definition) is 4. The molecule has 0 atom stereocenters. The standard InChI is InChI=1S/C78H64BN5O/c1-76(2,3)47-35-40-63-56(41-47)54-26-18-29-65-74(54)83(63)66-30-19-27-60-75(66)84(65)69-46-53(80(50-21-12-10-13-22-50)51-23-14-11-15-24-51)45-68-73(69)79(60)59-37-36-52(44-67(59)82(68)64-28-20-32-71-72(64)55-25-16-17-31-70(55)85-71)81-61-38-33-48(77(4,5)6)42-57(61)58-43-49(78(7,8)9)34-39-62(58)81/h10-46H,1-9H3/i10D,11D,12D,13D,14D,15D,16D,17D,18D,19D,20D,21D,22D,23D,24D,25D,26D,27D,28D,29D,30D,31D,32D,33D,34D,35D,36D,37D,38D,39D,40D,41D,42D,43D,44D,45D,46D. The lowest BCUT2D eigenvalue weighted by atomic mass is 9.33. The summed E-state index contributed by atoms with van der Waals surface area (Å²) < 4.78 is 378. The summed E-state index contributed by atoms with van der Waals surface area (Å²) in [4.78, 5) is 1.99. The Morgan fingerprint density at radius 3 is 1.53 bits per heavy atom. The summed E-state index contributed by atoms with van der Waals surface area (Å²) in [5.74, 6) is 0. The van der Waals surface area contributed by atoms with Crippen LogP contribution in [0.25, 0.3) is 76.9 Å². The highest BCUT2D eigenvalue weighted by atomic mass is 16.3. The van der Waals surface area contributed by atoms with Crippen molar-refractivity contribution >= 4 is 140 Å². The van der Waals surface area contributed by atoms with Crippen molar-refractivity contribution in [3.8, 4) is 11.4 Å². The van der Waals surface area contributed by atoms with Gasteiger partial charge in [0.1, 0.15) is 11.2 Å². The molecule has 0 spiro atoms. The molecule has 6 heterocycles. The Morgan fingerprint density at radius 1 is 0.376 bits per heavy atom. The molecule has 17 rings (SSSR count). The number of anilines is 9. The van der Waals surface area contributed by atoms with Crippen LogP contribution in [0.2, 0.25) is 0 Å². The molecule has 0 N–H and O–H groups in total. The van der Waals surface area contributed by atoms with Gasteiger partial charge in [0.05, 0.1) is 107 Å². The topological polar surface area (TPSA) is 32.7 Å². The first-order chi connectivity index (χ1) is 56.5. The van der Waals surface area contributed by atoms with E-state index in [9.17, 15) is 46.6 Å². The van der Waals surface area contributed by atoms with Gasteiger partial charge in [-0.2, -0.15) is 0 Å². The van der Waals surface area contributed by atoms with Crippen LogP contribution in [0, 0.1) is 0 Å². The monoisotopic (exact) mass is 1130 g/mol. The second-order valence-corrected chi connectivity index (χ2v) is 24.1. The van der Waals surface area contributed by atoms with Gasteiger partial charge in [-0.05, 0) is 164 Å². The maximum Gasteiger partial charge on any atom is 0.252 e. The van der Waals surface area contributed by atoms with Gasteiger partial charge in [-0.15, -0.1) is 0 Å². The van der Waals surface area contributed by atoms with Crippen molar-refractivity contribution in [2.75, 3.05) is 14.7 Å².